The Morgan fingerprint density at radius 2 is 1.97 bits per heavy atom. The summed E-state index contributed by atoms with van der Waals surface area (Å²) in [6.07, 6.45) is 4.84. The molecule has 2 fully saturated rings. The van der Waals surface area contributed by atoms with Gasteiger partial charge in [0.15, 0.2) is 0 Å². The molecule has 2 aliphatic carbocycles. The lowest BCUT2D eigenvalue weighted by Gasteiger charge is -2.34. The molecule has 2 aromatic rings. The van der Waals surface area contributed by atoms with E-state index in [1.54, 1.807) is 30.4 Å². The Morgan fingerprint density at radius 3 is 2.66 bits per heavy atom. The van der Waals surface area contributed by atoms with Crippen LogP contribution in [-0.2, 0) is 4.79 Å². The van der Waals surface area contributed by atoms with Crippen LogP contribution >= 0.6 is 0 Å². The zero-order valence-electron chi connectivity index (χ0n) is 20.3. The number of hydrogen-bond donors (Lipinski definition) is 2. The average Bonchev–Trinajstić information content (AvgIpc) is 3.66. The van der Waals surface area contributed by atoms with Gasteiger partial charge in [-0.05, 0) is 70.8 Å². The van der Waals surface area contributed by atoms with Crippen molar-refractivity contribution in [2.45, 2.75) is 56.8 Å². The smallest absolute Gasteiger partial charge is 0.382 e. The van der Waals surface area contributed by atoms with Crippen LogP contribution in [0.2, 0.25) is 0 Å². The first-order valence-corrected chi connectivity index (χ1v) is 12.2. The molecule has 4 rings (SSSR count). The summed E-state index contributed by atoms with van der Waals surface area (Å²) in [5, 5.41) is 7.51. The number of benzene rings is 1. The third-order valence-electron chi connectivity index (χ3n) is 6.89. The summed E-state index contributed by atoms with van der Waals surface area (Å²) in [5.74, 6) is 0.117. The van der Waals surface area contributed by atoms with E-state index >= 15 is 0 Å². The number of anilines is 1. The van der Waals surface area contributed by atoms with Gasteiger partial charge >= 0.3 is 6.18 Å². The molecular formula is C27H33F3N4O. The minimum absolute atomic E-state index is 0.0160. The fourth-order valence-electron chi connectivity index (χ4n) is 4.69. The molecule has 2 unspecified atom stereocenters. The van der Waals surface area contributed by atoms with Crippen LogP contribution < -0.4 is 10.6 Å². The van der Waals surface area contributed by atoms with Crippen molar-refractivity contribution in [1.29, 1.82) is 0 Å². The van der Waals surface area contributed by atoms with Crippen LogP contribution in [0, 0.1) is 5.92 Å². The lowest BCUT2D eigenvalue weighted by atomic mass is 9.90. The SMILES string of the molecule is C=C(c1nc(/C=C/CNC(=O)C2CC2)cc2c(NC3CCCC(N(C)C)C3)cccc12)C(F)(F)F. The van der Waals surface area contributed by atoms with Gasteiger partial charge in [0.2, 0.25) is 5.91 Å². The third kappa shape index (κ3) is 6.23. The first-order chi connectivity index (χ1) is 16.6. The summed E-state index contributed by atoms with van der Waals surface area (Å²) >= 11 is 0. The molecule has 1 amide bonds. The van der Waals surface area contributed by atoms with Gasteiger partial charge in [0.25, 0.3) is 0 Å². The van der Waals surface area contributed by atoms with Crippen LogP contribution in [0.4, 0.5) is 18.9 Å². The lowest BCUT2D eigenvalue weighted by molar-refractivity contribution is -0.122. The fourth-order valence-corrected chi connectivity index (χ4v) is 4.69. The molecule has 1 aromatic carbocycles. The van der Waals surface area contributed by atoms with Crippen molar-refractivity contribution in [2.24, 2.45) is 5.92 Å². The van der Waals surface area contributed by atoms with E-state index in [0.29, 0.717) is 29.1 Å². The highest BCUT2D eigenvalue weighted by molar-refractivity contribution is 6.00. The minimum atomic E-state index is -4.59. The maximum Gasteiger partial charge on any atom is 0.417 e. The summed E-state index contributed by atoms with van der Waals surface area (Å²) in [6, 6.07) is 7.84. The number of hydrogen-bond acceptors (Lipinski definition) is 4. The molecule has 188 valence electrons. The Morgan fingerprint density at radius 1 is 1.20 bits per heavy atom. The van der Waals surface area contributed by atoms with Crippen LogP contribution in [0.1, 0.15) is 49.9 Å². The third-order valence-corrected chi connectivity index (χ3v) is 6.89. The second-order valence-corrected chi connectivity index (χ2v) is 9.82. The van der Waals surface area contributed by atoms with Gasteiger partial charge in [-0.2, -0.15) is 13.2 Å². The van der Waals surface area contributed by atoms with Gasteiger partial charge in [-0.3, -0.25) is 4.79 Å². The summed E-state index contributed by atoms with van der Waals surface area (Å²) < 4.78 is 40.9. The number of allylic oxidation sites excluding steroid dienone is 1. The summed E-state index contributed by atoms with van der Waals surface area (Å²) in [7, 11) is 4.16. The number of carbonyl (C=O) groups is 1. The van der Waals surface area contributed by atoms with E-state index in [4.69, 9.17) is 0 Å². The number of nitrogens with zero attached hydrogens (tertiary/aromatic N) is 2. The average molecular weight is 487 g/mol. The number of fused-ring (bicyclic) bond motifs is 1. The van der Waals surface area contributed by atoms with E-state index in [9.17, 15) is 18.0 Å². The maximum absolute atomic E-state index is 13.6. The molecule has 0 radical (unpaired) electrons. The van der Waals surface area contributed by atoms with Crippen LogP contribution in [0.15, 0.2) is 36.9 Å². The number of alkyl halides is 3. The quantitative estimate of drug-likeness (QED) is 0.508. The molecule has 0 aliphatic heterocycles. The second kappa shape index (κ2) is 10.4. The van der Waals surface area contributed by atoms with Crippen molar-refractivity contribution in [2.75, 3.05) is 26.0 Å². The van der Waals surface area contributed by atoms with E-state index in [2.05, 4.69) is 41.2 Å². The first kappa shape index (κ1) is 25.2. The Balaban J connectivity index is 1.65. The van der Waals surface area contributed by atoms with E-state index < -0.39 is 11.7 Å². The van der Waals surface area contributed by atoms with E-state index in [0.717, 1.165) is 44.2 Å². The van der Waals surface area contributed by atoms with Crippen molar-refractivity contribution < 1.29 is 18.0 Å². The van der Waals surface area contributed by atoms with Crippen LogP contribution in [-0.4, -0.2) is 54.7 Å². The number of aromatic nitrogens is 1. The maximum atomic E-state index is 13.6. The topological polar surface area (TPSA) is 57.3 Å². The number of halogens is 3. The van der Waals surface area contributed by atoms with E-state index in [-0.39, 0.29) is 23.6 Å². The second-order valence-electron chi connectivity index (χ2n) is 9.82. The highest BCUT2D eigenvalue weighted by Gasteiger charge is 2.35. The molecule has 2 aliphatic rings. The number of pyridine rings is 1. The van der Waals surface area contributed by atoms with Crippen molar-refractivity contribution in [1.82, 2.24) is 15.2 Å². The Bertz CT molecular complexity index is 1120. The zero-order valence-corrected chi connectivity index (χ0v) is 20.3. The molecule has 0 spiro atoms. The van der Waals surface area contributed by atoms with Crippen LogP contribution in [0.3, 0.4) is 0 Å². The number of amides is 1. The summed E-state index contributed by atoms with van der Waals surface area (Å²) in [6.45, 7) is 3.62. The molecular weight excluding hydrogens is 453 g/mol. The normalized spacial score (nSPS) is 21.0. The number of nitrogens with one attached hydrogen (secondary N) is 2. The van der Waals surface area contributed by atoms with Gasteiger partial charge in [0.05, 0.1) is 17.0 Å². The van der Waals surface area contributed by atoms with Gasteiger partial charge in [-0.1, -0.05) is 24.8 Å². The molecule has 2 N–H and O–H groups in total. The predicted octanol–water partition coefficient (Wildman–Crippen LogP) is 5.63. The van der Waals surface area contributed by atoms with Gasteiger partial charge in [-0.15, -0.1) is 0 Å². The molecule has 1 aromatic heterocycles. The molecule has 2 atom stereocenters. The van der Waals surface area contributed by atoms with E-state index in [1.807, 2.05) is 6.07 Å². The zero-order chi connectivity index (χ0) is 25.2. The lowest BCUT2D eigenvalue weighted by Crippen LogP contribution is -2.38. The van der Waals surface area contributed by atoms with Gasteiger partial charge < -0.3 is 15.5 Å². The van der Waals surface area contributed by atoms with E-state index in [1.165, 1.54) is 0 Å². The van der Waals surface area contributed by atoms with Gasteiger partial charge in [0.1, 0.15) is 0 Å². The summed E-state index contributed by atoms with van der Waals surface area (Å²) in [4.78, 5) is 18.4. The highest BCUT2D eigenvalue weighted by Crippen LogP contribution is 2.38. The van der Waals surface area contributed by atoms with Crippen molar-refractivity contribution >= 4 is 34.0 Å². The fraction of sp³-hybridized carbons (Fsp3) is 0.481. The van der Waals surface area contributed by atoms with Crippen molar-refractivity contribution in [3.63, 3.8) is 0 Å². The largest absolute Gasteiger partial charge is 0.417 e. The minimum Gasteiger partial charge on any atom is -0.382 e. The molecule has 1 heterocycles. The molecule has 5 nitrogen and oxygen atoms in total. The van der Waals surface area contributed by atoms with Crippen molar-refractivity contribution in [3.8, 4) is 0 Å². The first-order valence-electron chi connectivity index (χ1n) is 12.2. The highest BCUT2D eigenvalue weighted by atomic mass is 19.4. The molecule has 35 heavy (non-hydrogen) atoms. The van der Waals surface area contributed by atoms with Gasteiger partial charge in [-0.25, -0.2) is 4.98 Å². The molecule has 8 heteroatoms. The monoisotopic (exact) mass is 486 g/mol. The Hall–Kier alpha value is -2.87. The van der Waals surface area contributed by atoms with Crippen molar-refractivity contribution in [3.05, 3.63) is 48.3 Å². The summed E-state index contributed by atoms with van der Waals surface area (Å²) in [5.41, 5.74) is 0.0438. The molecule has 2 saturated carbocycles. The Labute approximate surface area is 204 Å². The van der Waals surface area contributed by atoms with Crippen LogP contribution in [0.5, 0.6) is 0 Å². The molecule has 0 saturated heterocycles. The Kier molecular flexibility index (Phi) is 7.50. The number of rotatable bonds is 8. The predicted molar refractivity (Wildman–Crippen MR) is 135 cm³/mol. The standard InChI is InChI=1S/C27H33F3N4O/c1-17(27(28,29)30)25-22-10-5-11-24(32-19-7-4-9-21(15-19)34(2)3)23(22)16-20(33-25)8-6-14-31-26(35)18-12-13-18/h5-6,8,10-11,16,18-19,21,32H,1,4,7,9,12-15H2,2-3H3,(H,31,35)/b8-6+. The van der Waals surface area contributed by atoms with Gasteiger partial charge in [0, 0.05) is 41.0 Å². The molecule has 0 bridgehead atoms. The number of carbonyl (C=O) groups excluding carboxylic acids is 1. The van der Waals surface area contributed by atoms with Crippen LogP contribution in [0.25, 0.3) is 22.4 Å².